The van der Waals surface area contributed by atoms with Crippen LogP contribution < -0.4 is 5.32 Å². The second kappa shape index (κ2) is 7.08. The van der Waals surface area contributed by atoms with Crippen LogP contribution >= 0.6 is 0 Å². The van der Waals surface area contributed by atoms with Crippen molar-refractivity contribution in [2.45, 2.75) is 19.4 Å². The molecule has 0 aliphatic carbocycles. The summed E-state index contributed by atoms with van der Waals surface area (Å²) in [7, 11) is 1.80. The van der Waals surface area contributed by atoms with E-state index in [4.69, 9.17) is 0 Å². The van der Waals surface area contributed by atoms with Crippen molar-refractivity contribution in [3.05, 3.63) is 54.9 Å². The highest BCUT2D eigenvalue weighted by molar-refractivity contribution is 5.90. The number of amides is 1. The van der Waals surface area contributed by atoms with Gasteiger partial charge >= 0.3 is 0 Å². The summed E-state index contributed by atoms with van der Waals surface area (Å²) in [5.74, 6) is -0.306. The SMILES string of the molecule is Cn1cc(NC(=O)CCCn2cc(-c3ccc(F)cc3)cn2)cn1. The van der Waals surface area contributed by atoms with E-state index in [-0.39, 0.29) is 11.7 Å². The van der Waals surface area contributed by atoms with Gasteiger partial charge in [-0.2, -0.15) is 10.2 Å². The minimum Gasteiger partial charge on any atom is -0.323 e. The molecule has 0 bridgehead atoms. The Labute approximate surface area is 138 Å². The van der Waals surface area contributed by atoms with E-state index in [2.05, 4.69) is 15.5 Å². The third-order valence-corrected chi connectivity index (χ3v) is 3.59. The fourth-order valence-corrected chi connectivity index (χ4v) is 2.39. The fraction of sp³-hybridized carbons (Fsp3) is 0.235. The van der Waals surface area contributed by atoms with Crippen molar-refractivity contribution >= 4 is 11.6 Å². The van der Waals surface area contributed by atoms with Crippen LogP contribution in [0.15, 0.2) is 49.1 Å². The van der Waals surface area contributed by atoms with E-state index in [0.29, 0.717) is 25.1 Å². The van der Waals surface area contributed by atoms with Crippen LogP contribution in [0.25, 0.3) is 11.1 Å². The molecule has 0 atom stereocenters. The molecule has 1 amide bonds. The third-order valence-electron chi connectivity index (χ3n) is 3.59. The molecule has 0 aliphatic rings. The van der Waals surface area contributed by atoms with Crippen LogP contribution in [0.2, 0.25) is 0 Å². The van der Waals surface area contributed by atoms with Gasteiger partial charge < -0.3 is 5.32 Å². The second-order valence-electron chi connectivity index (χ2n) is 5.55. The smallest absolute Gasteiger partial charge is 0.224 e. The molecule has 2 aromatic heterocycles. The van der Waals surface area contributed by atoms with E-state index in [9.17, 15) is 9.18 Å². The largest absolute Gasteiger partial charge is 0.323 e. The lowest BCUT2D eigenvalue weighted by molar-refractivity contribution is -0.116. The van der Waals surface area contributed by atoms with Gasteiger partial charge in [0.05, 0.1) is 18.1 Å². The first-order valence-electron chi connectivity index (χ1n) is 7.67. The third kappa shape index (κ3) is 4.07. The van der Waals surface area contributed by atoms with E-state index in [1.54, 1.807) is 47.1 Å². The molecule has 7 heteroatoms. The van der Waals surface area contributed by atoms with Gasteiger partial charge in [-0.15, -0.1) is 0 Å². The maximum Gasteiger partial charge on any atom is 0.224 e. The Bertz CT molecular complexity index is 822. The van der Waals surface area contributed by atoms with E-state index < -0.39 is 0 Å². The number of hydrogen-bond donors (Lipinski definition) is 1. The Balaban J connectivity index is 1.48. The predicted octanol–water partition coefficient (Wildman–Crippen LogP) is 2.84. The number of benzene rings is 1. The Morgan fingerprint density at radius 3 is 2.62 bits per heavy atom. The van der Waals surface area contributed by atoms with Gasteiger partial charge in [0.25, 0.3) is 0 Å². The highest BCUT2D eigenvalue weighted by Crippen LogP contribution is 2.18. The summed E-state index contributed by atoms with van der Waals surface area (Å²) in [4.78, 5) is 11.9. The molecule has 1 N–H and O–H groups in total. The number of nitrogens with zero attached hydrogens (tertiary/aromatic N) is 4. The van der Waals surface area contributed by atoms with E-state index >= 15 is 0 Å². The Kier molecular flexibility index (Phi) is 4.69. The first-order valence-corrected chi connectivity index (χ1v) is 7.67. The number of aromatic nitrogens is 4. The van der Waals surface area contributed by atoms with Crippen LogP contribution in [0.5, 0.6) is 0 Å². The summed E-state index contributed by atoms with van der Waals surface area (Å²) in [6.07, 6.45) is 8.08. The lowest BCUT2D eigenvalue weighted by Crippen LogP contribution is -2.12. The molecule has 0 aliphatic heterocycles. The average Bonchev–Trinajstić information content (AvgIpc) is 3.17. The summed E-state index contributed by atoms with van der Waals surface area (Å²) in [5.41, 5.74) is 2.53. The Morgan fingerprint density at radius 2 is 1.92 bits per heavy atom. The number of nitrogens with one attached hydrogen (secondary N) is 1. The van der Waals surface area contributed by atoms with Crippen LogP contribution in [0.1, 0.15) is 12.8 Å². The van der Waals surface area contributed by atoms with E-state index in [1.807, 2.05) is 6.20 Å². The summed E-state index contributed by atoms with van der Waals surface area (Å²) < 4.78 is 16.4. The average molecular weight is 327 g/mol. The molecular weight excluding hydrogens is 309 g/mol. The van der Waals surface area contributed by atoms with Crippen LogP contribution in [-0.4, -0.2) is 25.5 Å². The number of anilines is 1. The van der Waals surface area contributed by atoms with Gasteiger partial charge in [-0.25, -0.2) is 4.39 Å². The molecule has 124 valence electrons. The van der Waals surface area contributed by atoms with Crippen molar-refractivity contribution in [1.82, 2.24) is 19.6 Å². The number of carbonyl (C=O) groups is 1. The summed E-state index contributed by atoms with van der Waals surface area (Å²) >= 11 is 0. The van der Waals surface area contributed by atoms with Crippen molar-refractivity contribution in [3.8, 4) is 11.1 Å². The normalized spacial score (nSPS) is 10.8. The van der Waals surface area contributed by atoms with Gasteiger partial charge in [0.2, 0.25) is 5.91 Å². The van der Waals surface area contributed by atoms with E-state index in [1.165, 1.54) is 12.1 Å². The lowest BCUT2D eigenvalue weighted by Gasteiger charge is -2.03. The van der Waals surface area contributed by atoms with Gasteiger partial charge in [-0.1, -0.05) is 12.1 Å². The summed E-state index contributed by atoms with van der Waals surface area (Å²) in [6, 6.07) is 6.29. The van der Waals surface area contributed by atoms with Crippen LogP contribution in [0, 0.1) is 5.82 Å². The van der Waals surface area contributed by atoms with Crippen LogP contribution in [0.4, 0.5) is 10.1 Å². The summed E-state index contributed by atoms with van der Waals surface area (Å²) in [5, 5.41) is 11.1. The number of aryl methyl sites for hydroxylation is 2. The number of halogens is 1. The molecule has 0 radical (unpaired) electrons. The predicted molar refractivity (Wildman–Crippen MR) is 88.7 cm³/mol. The fourth-order valence-electron chi connectivity index (χ4n) is 2.39. The first-order chi connectivity index (χ1) is 11.6. The standard InChI is InChI=1S/C17H18FN5O/c1-22-12-16(10-19-22)21-17(24)3-2-8-23-11-14(9-20-23)13-4-6-15(18)7-5-13/h4-7,9-12H,2-3,8H2,1H3,(H,21,24). The molecular formula is C17H18FN5O. The molecule has 6 nitrogen and oxygen atoms in total. The molecule has 0 unspecified atom stereocenters. The van der Waals surface area contributed by atoms with Gasteiger partial charge in [-0.3, -0.25) is 14.2 Å². The van der Waals surface area contributed by atoms with Crippen molar-refractivity contribution < 1.29 is 9.18 Å². The molecule has 3 aromatic rings. The zero-order valence-electron chi connectivity index (χ0n) is 13.3. The molecule has 0 saturated heterocycles. The van der Waals surface area contributed by atoms with Gasteiger partial charge in [0, 0.05) is 38.0 Å². The molecule has 0 saturated carbocycles. The quantitative estimate of drug-likeness (QED) is 0.757. The van der Waals surface area contributed by atoms with Gasteiger partial charge in [0.15, 0.2) is 0 Å². The number of rotatable bonds is 6. The highest BCUT2D eigenvalue weighted by Gasteiger charge is 2.06. The molecule has 0 spiro atoms. The van der Waals surface area contributed by atoms with Crippen molar-refractivity contribution in [3.63, 3.8) is 0 Å². The molecule has 24 heavy (non-hydrogen) atoms. The molecule has 1 aromatic carbocycles. The zero-order chi connectivity index (χ0) is 16.9. The summed E-state index contributed by atoms with van der Waals surface area (Å²) in [6.45, 7) is 0.641. The Hall–Kier alpha value is -2.96. The minimum absolute atomic E-state index is 0.0473. The molecule has 3 rings (SSSR count). The maximum absolute atomic E-state index is 12.9. The topological polar surface area (TPSA) is 64.7 Å². The van der Waals surface area contributed by atoms with Crippen molar-refractivity contribution in [2.24, 2.45) is 7.05 Å². The van der Waals surface area contributed by atoms with Crippen LogP contribution in [0.3, 0.4) is 0 Å². The van der Waals surface area contributed by atoms with Crippen molar-refractivity contribution in [1.29, 1.82) is 0 Å². The lowest BCUT2D eigenvalue weighted by atomic mass is 10.1. The Morgan fingerprint density at radius 1 is 1.12 bits per heavy atom. The second-order valence-corrected chi connectivity index (χ2v) is 5.55. The van der Waals surface area contributed by atoms with Gasteiger partial charge in [-0.05, 0) is 24.1 Å². The highest BCUT2D eigenvalue weighted by atomic mass is 19.1. The van der Waals surface area contributed by atoms with Gasteiger partial charge in [0.1, 0.15) is 5.82 Å². The molecule has 2 heterocycles. The van der Waals surface area contributed by atoms with Crippen LogP contribution in [-0.2, 0) is 18.4 Å². The minimum atomic E-state index is -0.259. The number of carbonyl (C=O) groups excluding carboxylic acids is 1. The zero-order valence-corrected chi connectivity index (χ0v) is 13.3. The maximum atomic E-state index is 12.9. The molecule has 0 fully saturated rings. The monoisotopic (exact) mass is 327 g/mol. The number of hydrogen-bond acceptors (Lipinski definition) is 3. The first kappa shape index (κ1) is 15.9. The van der Waals surface area contributed by atoms with Crippen molar-refractivity contribution in [2.75, 3.05) is 5.32 Å². The van der Waals surface area contributed by atoms with E-state index in [0.717, 1.165) is 11.1 Å².